The standard InChI is InChI=1S/C18H19BrClN3O/c19-13-7-3-2-6-12(13)18(24)22-16-11-17(15(21)10-14(16)20)23-8-4-1-5-9-23/h2-3,6-7,10-11H,1,4-5,8-9,21H2,(H,22,24). The minimum absolute atomic E-state index is 0.209. The molecule has 4 nitrogen and oxygen atoms in total. The summed E-state index contributed by atoms with van der Waals surface area (Å²) < 4.78 is 0.741. The van der Waals surface area contributed by atoms with Gasteiger partial charge in [0.05, 0.1) is 27.6 Å². The van der Waals surface area contributed by atoms with Gasteiger partial charge < -0.3 is 16.0 Å². The van der Waals surface area contributed by atoms with Gasteiger partial charge >= 0.3 is 0 Å². The van der Waals surface area contributed by atoms with Gasteiger partial charge in [0, 0.05) is 17.6 Å². The van der Waals surface area contributed by atoms with Crippen molar-refractivity contribution in [2.24, 2.45) is 0 Å². The Kier molecular flexibility index (Phi) is 5.31. The molecule has 0 aromatic heterocycles. The highest BCUT2D eigenvalue weighted by atomic mass is 79.9. The molecule has 1 saturated heterocycles. The van der Waals surface area contributed by atoms with Crippen LogP contribution in [0.25, 0.3) is 0 Å². The third-order valence-corrected chi connectivity index (χ3v) is 5.18. The van der Waals surface area contributed by atoms with Gasteiger partial charge in [-0.1, -0.05) is 23.7 Å². The second-order valence-corrected chi connectivity index (χ2v) is 7.13. The third kappa shape index (κ3) is 3.68. The van der Waals surface area contributed by atoms with E-state index in [4.69, 9.17) is 17.3 Å². The van der Waals surface area contributed by atoms with E-state index >= 15 is 0 Å². The average Bonchev–Trinajstić information content (AvgIpc) is 2.58. The summed E-state index contributed by atoms with van der Waals surface area (Å²) in [5.41, 5.74) is 8.85. The van der Waals surface area contributed by atoms with Crippen LogP contribution in [0.2, 0.25) is 5.02 Å². The second kappa shape index (κ2) is 7.45. The molecule has 0 saturated carbocycles. The molecule has 0 spiro atoms. The molecule has 1 aliphatic rings. The zero-order valence-electron chi connectivity index (χ0n) is 13.2. The molecule has 3 rings (SSSR count). The van der Waals surface area contributed by atoms with Crippen molar-refractivity contribution in [3.8, 4) is 0 Å². The van der Waals surface area contributed by atoms with E-state index in [1.165, 1.54) is 6.42 Å². The lowest BCUT2D eigenvalue weighted by atomic mass is 10.1. The monoisotopic (exact) mass is 407 g/mol. The zero-order chi connectivity index (χ0) is 17.1. The lowest BCUT2D eigenvalue weighted by molar-refractivity contribution is 0.102. The van der Waals surface area contributed by atoms with Crippen molar-refractivity contribution in [1.82, 2.24) is 0 Å². The van der Waals surface area contributed by atoms with Gasteiger partial charge in [-0.05, 0) is 59.5 Å². The number of nitrogen functional groups attached to an aromatic ring is 1. The number of carbonyl (C=O) groups excluding carboxylic acids is 1. The lowest BCUT2D eigenvalue weighted by Gasteiger charge is -2.30. The van der Waals surface area contributed by atoms with Gasteiger partial charge in [-0.25, -0.2) is 0 Å². The van der Waals surface area contributed by atoms with Crippen molar-refractivity contribution < 1.29 is 4.79 Å². The summed E-state index contributed by atoms with van der Waals surface area (Å²) in [5.74, 6) is -0.209. The number of nitrogens with zero attached hydrogens (tertiary/aromatic N) is 1. The summed E-state index contributed by atoms with van der Waals surface area (Å²) >= 11 is 9.68. The van der Waals surface area contributed by atoms with E-state index in [0.29, 0.717) is 22.0 Å². The summed E-state index contributed by atoms with van der Waals surface area (Å²) in [5, 5.41) is 3.33. The Morgan fingerprint density at radius 1 is 1.17 bits per heavy atom. The molecule has 1 heterocycles. The van der Waals surface area contributed by atoms with Crippen molar-refractivity contribution in [2.75, 3.05) is 29.0 Å². The fraction of sp³-hybridized carbons (Fsp3) is 0.278. The van der Waals surface area contributed by atoms with Gasteiger partial charge in [-0.2, -0.15) is 0 Å². The van der Waals surface area contributed by atoms with Crippen LogP contribution in [-0.2, 0) is 0 Å². The minimum Gasteiger partial charge on any atom is -0.397 e. The van der Waals surface area contributed by atoms with E-state index in [9.17, 15) is 4.79 Å². The van der Waals surface area contributed by atoms with Crippen LogP contribution in [0.5, 0.6) is 0 Å². The summed E-state index contributed by atoms with van der Waals surface area (Å²) in [6, 6.07) is 10.9. The van der Waals surface area contributed by atoms with Gasteiger partial charge in [0.2, 0.25) is 0 Å². The molecule has 24 heavy (non-hydrogen) atoms. The Hall–Kier alpha value is -1.72. The maximum atomic E-state index is 12.5. The molecule has 1 fully saturated rings. The van der Waals surface area contributed by atoms with Crippen molar-refractivity contribution in [1.29, 1.82) is 0 Å². The third-order valence-electron chi connectivity index (χ3n) is 4.18. The van der Waals surface area contributed by atoms with Crippen LogP contribution in [0.15, 0.2) is 40.9 Å². The van der Waals surface area contributed by atoms with Crippen LogP contribution in [0, 0.1) is 0 Å². The molecule has 0 bridgehead atoms. The van der Waals surface area contributed by atoms with Gasteiger partial charge in [-0.15, -0.1) is 0 Å². The van der Waals surface area contributed by atoms with Crippen LogP contribution >= 0.6 is 27.5 Å². The molecule has 2 aromatic carbocycles. The average molecular weight is 409 g/mol. The normalized spacial score (nSPS) is 14.5. The SMILES string of the molecule is Nc1cc(Cl)c(NC(=O)c2ccccc2Br)cc1N1CCCCC1. The second-order valence-electron chi connectivity index (χ2n) is 5.87. The van der Waals surface area contributed by atoms with E-state index in [1.54, 1.807) is 12.1 Å². The van der Waals surface area contributed by atoms with E-state index in [0.717, 1.165) is 36.1 Å². The molecular weight excluding hydrogens is 390 g/mol. The highest BCUT2D eigenvalue weighted by molar-refractivity contribution is 9.10. The topological polar surface area (TPSA) is 58.4 Å². The Labute approximate surface area is 155 Å². The van der Waals surface area contributed by atoms with E-state index < -0.39 is 0 Å². The largest absolute Gasteiger partial charge is 0.397 e. The van der Waals surface area contributed by atoms with Gasteiger partial charge in [0.25, 0.3) is 5.91 Å². The van der Waals surface area contributed by atoms with E-state index in [1.807, 2.05) is 24.3 Å². The summed E-state index contributed by atoms with van der Waals surface area (Å²) in [4.78, 5) is 14.8. The van der Waals surface area contributed by atoms with Crippen molar-refractivity contribution in [2.45, 2.75) is 19.3 Å². The first-order valence-corrected chi connectivity index (χ1v) is 9.13. The number of anilines is 3. The molecule has 0 radical (unpaired) electrons. The maximum absolute atomic E-state index is 12.5. The minimum atomic E-state index is -0.209. The fourth-order valence-electron chi connectivity index (χ4n) is 2.92. The van der Waals surface area contributed by atoms with Gasteiger partial charge in [0.1, 0.15) is 0 Å². The van der Waals surface area contributed by atoms with Gasteiger partial charge in [-0.3, -0.25) is 4.79 Å². The van der Waals surface area contributed by atoms with Crippen LogP contribution in [0.3, 0.4) is 0 Å². The lowest BCUT2D eigenvalue weighted by Crippen LogP contribution is -2.30. The van der Waals surface area contributed by atoms with Crippen LogP contribution in [0.4, 0.5) is 17.1 Å². The predicted molar refractivity (Wildman–Crippen MR) is 104 cm³/mol. The molecule has 3 N–H and O–H groups in total. The first kappa shape index (κ1) is 17.1. The summed E-state index contributed by atoms with van der Waals surface area (Å²) in [7, 11) is 0. The molecule has 1 amide bonds. The molecule has 0 aliphatic carbocycles. The van der Waals surface area contributed by atoms with Crippen LogP contribution in [-0.4, -0.2) is 19.0 Å². The smallest absolute Gasteiger partial charge is 0.256 e. The summed E-state index contributed by atoms with van der Waals surface area (Å²) in [6.45, 7) is 1.95. The number of piperidine rings is 1. The Balaban J connectivity index is 1.87. The van der Waals surface area contributed by atoms with Crippen LogP contribution in [0.1, 0.15) is 29.6 Å². The number of hydrogen-bond donors (Lipinski definition) is 2. The summed E-state index contributed by atoms with van der Waals surface area (Å²) in [6.07, 6.45) is 3.55. The van der Waals surface area contributed by atoms with Crippen molar-refractivity contribution in [3.05, 3.63) is 51.5 Å². The van der Waals surface area contributed by atoms with Crippen LogP contribution < -0.4 is 16.0 Å². The van der Waals surface area contributed by atoms with Gasteiger partial charge in [0.15, 0.2) is 0 Å². The first-order valence-electron chi connectivity index (χ1n) is 7.96. The fourth-order valence-corrected chi connectivity index (χ4v) is 3.60. The number of nitrogens with two attached hydrogens (primary N) is 1. The number of amides is 1. The molecule has 0 atom stereocenters. The van der Waals surface area contributed by atoms with Crippen molar-refractivity contribution in [3.63, 3.8) is 0 Å². The highest BCUT2D eigenvalue weighted by Gasteiger charge is 2.17. The number of hydrogen-bond acceptors (Lipinski definition) is 3. The highest BCUT2D eigenvalue weighted by Crippen LogP contribution is 2.35. The zero-order valence-corrected chi connectivity index (χ0v) is 15.5. The molecule has 1 aliphatic heterocycles. The number of rotatable bonds is 3. The first-order chi connectivity index (χ1) is 11.6. The number of carbonyl (C=O) groups is 1. The Bertz CT molecular complexity index is 760. The Morgan fingerprint density at radius 3 is 2.58 bits per heavy atom. The van der Waals surface area contributed by atoms with E-state index in [2.05, 4.69) is 26.1 Å². The maximum Gasteiger partial charge on any atom is 0.256 e. The van der Waals surface area contributed by atoms with Crippen molar-refractivity contribution >= 4 is 50.5 Å². The Morgan fingerprint density at radius 2 is 1.88 bits per heavy atom. The number of benzene rings is 2. The quantitative estimate of drug-likeness (QED) is 0.708. The number of halogens is 2. The predicted octanol–water partition coefficient (Wildman–Crippen LogP) is 4.93. The number of nitrogens with one attached hydrogen (secondary N) is 1. The molecule has 126 valence electrons. The van der Waals surface area contributed by atoms with E-state index in [-0.39, 0.29) is 5.91 Å². The molecule has 0 unspecified atom stereocenters. The molecular formula is C18H19BrClN3O. The molecule has 2 aromatic rings. The molecule has 6 heteroatoms.